The Kier molecular flexibility index (Phi) is 4.61. The summed E-state index contributed by atoms with van der Waals surface area (Å²) >= 11 is 3.24. The minimum Gasteiger partial charge on any atom is -0.384 e. The van der Waals surface area contributed by atoms with Crippen LogP contribution < -0.4 is 10.6 Å². The van der Waals surface area contributed by atoms with Gasteiger partial charge in [-0.15, -0.1) is 0 Å². The normalized spacial score (nSPS) is 11.4. The summed E-state index contributed by atoms with van der Waals surface area (Å²) in [6.45, 7) is -0.180. The second-order valence-corrected chi connectivity index (χ2v) is 4.69. The van der Waals surface area contributed by atoms with Crippen LogP contribution in [0, 0.1) is 5.41 Å². The average molecular weight is 324 g/mol. The standard InChI is InChI=1S/C11H13BrF3N3/c1-18(6-5-11(13,14)15)8-4-2-3-7(12)9(8)10(16)17/h2-4H,5-6H2,1H3,(H3,16,17). The van der Waals surface area contributed by atoms with E-state index in [-0.39, 0.29) is 12.4 Å². The molecule has 0 saturated heterocycles. The third-order valence-electron chi connectivity index (χ3n) is 2.40. The van der Waals surface area contributed by atoms with E-state index in [4.69, 9.17) is 11.1 Å². The van der Waals surface area contributed by atoms with Crippen LogP contribution >= 0.6 is 15.9 Å². The molecule has 1 aromatic carbocycles. The summed E-state index contributed by atoms with van der Waals surface area (Å²) in [5.74, 6) is -0.184. The number of hydrogen-bond donors (Lipinski definition) is 2. The number of benzene rings is 1. The highest BCUT2D eigenvalue weighted by Crippen LogP contribution is 2.28. The number of nitrogens with one attached hydrogen (secondary N) is 1. The van der Waals surface area contributed by atoms with Gasteiger partial charge in [0, 0.05) is 23.8 Å². The number of nitrogen functional groups attached to an aromatic ring is 1. The fourth-order valence-corrected chi connectivity index (χ4v) is 2.08. The Morgan fingerprint density at radius 1 is 1.44 bits per heavy atom. The second-order valence-electron chi connectivity index (χ2n) is 3.83. The lowest BCUT2D eigenvalue weighted by Gasteiger charge is -2.23. The van der Waals surface area contributed by atoms with Gasteiger partial charge in [0.2, 0.25) is 0 Å². The van der Waals surface area contributed by atoms with Crippen molar-refractivity contribution in [2.45, 2.75) is 12.6 Å². The molecule has 0 fully saturated rings. The van der Waals surface area contributed by atoms with E-state index in [1.807, 2.05) is 0 Å². The Balaban J connectivity index is 2.95. The number of hydrogen-bond acceptors (Lipinski definition) is 2. The van der Waals surface area contributed by atoms with Crippen LogP contribution in [0.15, 0.2) is 22.7 Å². The third-order valence-corrected chi connectivity index (χ3v) is 3.06. The fourth-order valence-electron chi connectivity index (χ4n) is 1.51. The van der Waals surface area contributed by atoms with Gasteiger partial charge in [0.15, 0.2) is 0 Å². The van der Waals surface area contributed by atoms with Gasteiger partial charge in [0.05, 0.1) is 12.0 Å². The lowest BCUT2D eigenvalue weighted by atomic mass is 10.1. The van der Waals surface area contributed by atoms with E-state index < -0.39 is 12.6 Å². The Morgan fingerprint density at radius 2 is 2.06 bits per heavy atom. The van der Waals surface area contributed by atoms with Gasteiger partial charge in [0.1, 0.15) is 5.84 Å². The van der Waals surface area contributed by atoms with Crippen LogP contribution in [0.2, 0.25) is 0 Å². The Hall–Kier alpha value is -1.24. The summed E-state index contributed by atoms with van der Waals surface area (Å²) in [4.78, 5) is 1.44. The van der Waals surface area contributed by atoms with Gasteiger partial charge in [-0.2, -0.15) is 13.2 Å². The van der Waals surface area contributed by atoms with Gasteiger partial charge < -0.3 is 10.6 Å². The highest BCUT2D eigenvalue weighted by Gasteiger charge is 2.27. The molecule has 3 N–H and O–H groups in total. The van der Waals surface area contributed by atoms with Crippen LogP contribution in [0.25, 0.3) is 0 Å². The summed E-state index contributed by atoms with van der Waals surface area (Å²) in [7, 11) is 1.54. The number of nitrogens with two attached hydrogens (primary N) is 1. The molecule has 0 aliphatic carbocycles. The highest BCUT2D eigenvalue weighted by atomic mass is 79.9. The Bertz CT molecular complexity index is 446. The van der Waals surface area contributed by atoms with Gasteiger partial charge in [-0.3, -0.25) is 5.41 Å². The van der Waals surface area contributed by atoms with Crippen molar-refractivity contribution in [3.8, 4) is 0 Å². The summed E-state index contributed by atoms with van der Waals surface area (Å²) in [5.41, 5.74) is 6.35. The van der Waals surface area contributed by atoms with E-state index in [1.54, 1.807) is 25.2 Å². The molecule has 7 heteroatoms. The highest BCUT2D eigenvalue weighted by molar-refractivity contribution is 9.10. The first-order valence-electron chi connectivity index (χ1n) is 5.13. The predicted octanol–water partition coefficient (Wildman–Crippen LogP) is 3.12. The Morgan fingerprint density at radius 3 is 2.56 bits per heavy atom. The molecule has 18 heavy (non-hydrogen) atoms. The van der Waals surface area contributed by atoms with Crippen molar-refractivity contribution >= 4 is 27.5 Å². The molecule has 0 aliphatic heterocycles. The zero-order chi connectivity index (χ0) is 13.9. The van der Waals surface area contributed by atoms with Gasteiger partial charge in [0.25, 0.3) is 0 Å². The summed E-state index contributed by atoms with van der Waals surface area (Å²) < 4.78 is 37.1. The predicted molar refractivity (Wildman–Crippen MR) is 69.1 cm³/mol. The molecular weight excluding hydrogens is 311 g/mol. The summed E-state index contributed by atoms with van der Waals surface area (Å²) in [6, 6.07) is 5.02. The van der Waals surface area contributed by atoms with E-state index in [0.717, 1.165) is 0 Å². The molecule has 1 aromatic rings. The SMILES string of the molecule is CN(CCC(F)(F)F)c1cccc(Br)c1C(=N)N. The maximum atomic E-state index is 12.2. The van der Waals surface area contributed by atoms with Crippen LogP contribution in [0.4, 0.5) is 18.9 Å². The van der Waals surface area contributed by atoms with E-state index >= 15 is 0 Å². The molecule has 0 bridgehead atoms. The summed E-state index contributed by atoms with van der Waals surface area (Å²) in [5, 5.41) is 7.46. The van der Waals surface area contributed by atoms with Crippen molar-refractivity contribution in [3.05, 3.63) is 28.2 Å². The molecule has 0 heterocycles. The third kappa shape index (κ3) is 3.90. The van der Waals surface area contributed by atoms with E-state index in [9.17, 15) is 13.2 Å². The molecule has 0 unspecified atom stereocenters. The maximum Gasteiger partial charge on any atom is 0.390 e. The minimum absolute atomic E-state index is 0.180. The quantitative estimate of drug-likeness (QED) is 0.660. The molecule has 0 atom stereocenters. The van der Waals surface area contributed by atoms with Crippen LogP contribution in [0.3, 0.4) is 0 Å². The average Bonchev–Trinajstić information content (AvgIpc) is 2.24. The number of halogens is 4. The van der Waals surface area contributed by atoms with Crippen molar-refractivity contribution < 1.29 is 13.2 Å². The smallest absolute Gasteiger partial charge is 0.384 e. The van der Waals surface area contributed by atoms with Crippen molar-refractivity contribution in [2.75, 3.05) is 18.5 Å². The molecule has 0 radical (unpaired) electrons. The number of rotatable bonds is 4. The topological polar surface area (TPSA) is 53.1 Å². The van der Waals surface area contributed by atoms with Gasteiger partial charge >= 0.3 is 6.18 Å². The molecule has 0 saturated carbocycles. The zero-order valence-corrected chi connectivity index (χ0v) is 11.3. The number of alkyl halides is 3. The van der Waals surface area contributed by atoms with E-state index in [0.29, 0.717) is 15.7 Å². The second kappa shape index (κ2) is 5.60. The van der Waals surface area contributed by atoms with Crippen molar-refractivity contribution in [3.63, 3.8) is 0 Å². The first-order chi connectivity index (χ1) is 8.22. The monoisotopic (exact) mass is 323 g/mol. The minimum atomic E-state index is -4.20. The molecule has 1 rings (SSSR count). The van der Waals surface area contributed by atoms with Crippen LogP contribution in [0.1, 0.15) is 12.0 Å². The van der Waals surface area contributed by atoms with Crippen LogP contribution in [-0.2, 0) is 0 Å². The van der Waals surface area contributed by atoms with Gasteiger partial charge in [-0.1, -0.05) is 6.07 Å². The molecule has 100 valence electrons. The van der Waals surface area contributed by atoms with E-state index in [1.165, 1.54) is 4.90 Å². The zero-order valence-electron chi connectivity index (χ0n) is 9.68. The molecule has 0 spiro atoms. The number of anilines is 1. The fraction of sp³-hybridized carbons (Fsp3) is 0.364. The van der Waals surface area contributed by atoms with Crippen LogP contribution in [0.5, 0.6) is 0 Å². The Labute approximate surface area is 111 Å². The molecular formula is C11H13BrF3N3. The molecule has 3 nitrogen and oxygen atoms in total. The number of amidine groups is 1. The summed E-state index contributed by atoms with van der Waals surface area (Å²) in [6.07, 6.45) is -5.11. The maximum absolute atomic E-state index is 12.2. The molecule has 0 aromatic heterocycles. The van der Waals surface area contributed by atoms with Crippen molar-refractivity contribution in [2.24, 2.45) is 5.73 Å². The lowest BCUT2D eigenvalue weighted by Crippen LogP contribution is -2.27. The first-order valence-corrected chi connectivity index (χ1v) is 5.92. The molecule has 0 amide bonds. The number of nitrogens with zero attached hydrogens (tertiary/aromatic N) is 1. The first kappa shape index (κ1) is 14.8. The van der Waals surface area contributed by atoms with Gasteiger partial charge in [-0.05, 0) is 28.1 Å². The van der Waals surface area contributed by atoms with Crippen LogP contribution in [-0.4, -0.2) is 25.6 Å². The van der Waals surface area contributed by atoms with Gasteiger partial charge in [-0.25, -0.2) is 0 Å². The largest absolute Gasteiger partial charge is 0.390 e. The van der Waals surface area contributed by atoms with Crippen molar-refractivity contribution in [1.82, 2.24) is 0 Å². The molecule has 0 aliphatic rings. The van der Waals surface area contributed by atoms with Crippen molar-refractivity contribution in [1.29, 1.82) is 5.41 Å². The van der Waals surface area contributed by atoms with E-state index in [2.05, 4.69) is 15.9 Å². The lowest BCUT2D eigenvalue weighted by molar-refractivity contribution is -0.132.